The van der Waals surface area contributed by atoms with Crippen molar-refractivity contribution in [2.75, 3.05) is 33.5 Å². The van der Waals surface area contributed by atoms with Crippen molar-refractivity contribution in [3.05, 3.63) is 11.6 Å². The summed E-state index contributed by atoms with van der Waals surface area (Å²) in [6, 6.07) is 0. The Bertz CT molecular complexity index is 1930. The van der Waals surface area contributed by atoms with E-state index in [9.17, 15) is 66.4 Å². The molecule has 75 heavy (non-hydrogen) atoms. The maximum absolute atomic E-state index is 11.7. The van der Waals surface area contributed by atoms with E-state index in [2.05, 4.69) is 26.8 Å². The van der Waals surface area contributed by atoms with E-state index in [-0.39, 0.29) is 41.3 Å². The highest BCUT2D eigenvalue weighted by Gasteiger charge is 2.68. The lowest BCUT2D eigenvalue weighted by Crippen LogP contribution is -2.65. The van der Waals surface area contributed by atoms with Crippen molar-refractivity contribution in [2.45, 2.75) is 233 Å². The first-order valence-corrected chi connectivity index (χ1v) is 27.3. The van der Waals surface area contributed by atoms with Crippen LogP contribution in [0.5, 0.6) is 0 Å². The number of aliphatic hydroxyl groups excluding tert-OH is 13. The fourth-order valence-electron chi connectivity index (χ4n) is 15.2. The van der Waals surface area contributed by atoms with Crippen molar-refractivity contribution in [1.82, 2.24) is 0 Å². The number of hydrogen-bond acceptors (Lipinski definition) is 23. The summed E-state index contributed by atoms with van der Waals surface area (Å²) in [5.41, 5.74) is 1.14. The van der Waals surface area contributed by atoms with Gasteiger partial charge in [0.1, 0.15) is 91.6 Å². The molecule has 4 aliphatic carbocycles. The largest absolute Gasteiger partial charge is 0.394 e. The molecule has 13 N–H and O–H groups in total. The van der Waals surface area contributed by atoms with Crippen molar-refractivity contribution in [3.8, 4) is 0 Å². The van der Waals surface area contributed by atoms with E-state index < -0.39 is 155 Å². The molecule has 0 bridgehead atoms. The van der Waals surface area contributed by atoms with Gasteiger partial charge in [0.05, 0.1) is 44.7 Å². The van der Waals surface area contributed by atoms with Gasteiger partial charge in [-0.25, -0.2) is 0 Å². The maximum atomic E-state index is 11.7. The first-order chi connectivity index (χ1) is 35.5. The van der Waals surface area contributed by atoms with Crippen LogP contribution in [0.3, 0.4) is 0 Å². The van der Waals surface area contributed by atoms with Gasteiger partial charge in [-0.15, -0.1) is 0 Å². The molecule has 0 aromatic carbocycles. The average molecular weight is 1080 g/mol. The molecule has 0 amide bonds. The lowest BCUT2D eigenvalue weighted by atomic mass is 9.47. The average Bonchev–Trinajstić information content (AvgIpc) is 3.91. The molecule has 5 heterocycles. The molecule has 0 unspecified atom stereocenters. The van der Waals surface area contributed by atoms with Crippen molar-refractivity contribution in [3.63, 3.8) is 0 Å². The Kier molecular flexibility index (Phi) is 17.9. The summed E-state index contributed by atoms with van der Waals surface area (Å²) in [4.78, 5) is 0. The zero-order valence-electron chi connectivity index (χ0n) is 43.8. The highest BCUT2D eigenvalue weighted by Crippen LogP contribution is 2.70. The molecule has 0 radical (unpaired) electrons. The van der Waals surface area contributed by atoms with E-state index in [0.29, 0.717) is 43.4 Å². The second kappa shape index (κ2) is 23.0. The number of allylic oxidation sites excluding steroid dienone is 1. The quantitative estimate of drug-likeness (QED) is 0.0720. The van der Waals surface area contributed by atoms with Gasteiger partial charge in [-0.1, -0.05) is 39.3 Å². The summed E-state index contributed by atoms with van der Waals surface area (Å²) in [6.07, 6.45) is -20.6. The number of hydrogen-bond donors (Lipinski definition) is 13. The number of rotatable bonds is 16. The van der Waals surface area contributed by atoms with Crippen LogP contribution >= 0.6 is 0 Å². The Balaban J connectivity index is 0.849. The third-order valence-corrected chi connectivity index (χ3v) is 19.8. The molecule has 5 saturated heterocycles. The molecule has 23 heteroatoms. The minimum absolute atomic E-state index is 0.00195. The van der Waals surface area contributed by atoms with Gasteiger partial charge >= 0.3 is 0 Å². The summed E-state index contributed by atoms with van der Waals surface area (Å²) in [6.45, 7) is 9.03. The molecular weight excluding hydrogens is 993 g/mol. The third kappa shape index (κ3) is 10.6. The van der Waals surface area contributed by atoms with Crippen molar-refractivity contribution in [2.24, 2.45) is 46.3 Å². The van der Waals surface area contributed by atoms with E-state index in [1.807, 2.05) is 6.92 Å². The summed E-state index contributed by atoms with van der Waals surface area (Å²) in [7, 11) is 1.71. The van der Waals surface area contributed by atoms with Crippen molar-refractivity contribution in [1.29, 1.82) is 0 Å². The first kappa shape index (κ1) is 58.5. The van der Waals surface area contributed by atoms with Gasteiger partial charge in [0.2, 0.25) is 0 Å². The molecule has 9 rings (SSSR count). The summed E-state index contributed by atoms with van der Waals surface area (Å²) >= 11 is 0. The van der Waals surface area contributed by atoms with Crippen LogP contribution in [0.25, 0.3) is 0 Å². The van der Waals surface area contributed by atoms with Crippen LogP contribution < -0.4 is 0 Å². The van der Waals surface area contributed by atoms with Crippen molar-refractivity contribution < 1.29 is 114 Å². The van der Waals surface area contributed by atoms with E-state index in [4.69, 9.17) is 47.4 Å². The minimum Gasteiger partial charge on any atom is -0.394 e. The number of ether oxygens (including phenoxy) is 10. The van der Waals surface area contributed by atoms with Gasteiger partial charge < -0.3 is 114 Å². The molecule has 0 aromatic rings. The van der Waals surface area contributed by atoms with Gasteiger partial charge in [-0.05, 0) is 98.7 Å². The van der Waals surface area contributed by atoms with E-state index in [0.717, 1.165) is 32.1 Å². The zero-order valence-corrected chi connectivity index (χ0v) is 43.8. The van der Waals surface area contributed by atoms with Crippen molar-refractivity contribution >= 4 is 0 Å². The van der Waals surface area contributed by atoms with Gasteiger partial charge in [0.15, 0.2) is 30.9 Å². The van der Waals surface area contributed by atoms with Gasteiger partial charge in [-0.2, -0.15) is 0 Å². The fourth-order valence-corrected chi connectivity index (χ4v) is 15.2. The van der Waals surface area contributed by atoms with Crippen LogP contribution in [-0.2, 0) is 47.4 Å². The lowest BCUT2D eigenvalue weighted by molar-refractivity contribution is -0.375. The number of aliphatic hydroxyl groups is 13. The molecule has 0 aromatic heterocycles. The molecule has 8 fully saturated rings. The number of methoxy groups -OCH3 is 1. The first-order valence-electron chi connectivity index (χ1n) is 27.3. The second-order valence-electron chi connectivity index (χ2n) is 24.0. The van der Waals surface area contributed by atoms with Crippen LogP contribution in [0.15, 0.2) is 11.6 Å². The molecule has 23 nitrogen and oxygen atoms in total. The van der Waals surface area contributed by atoms with Crippen LogP contribution in [0.2, 0.25) is 0 Å². The Morgan fingerprint density at radius 3 is 1.89 bits per heavy atom. The normalized spacial score (nSPS) is 54.3. The second-order valence-corrected chi connectivity index (χ2v) is 24.0. The lowest BCUT2D eigenvalue weighted by Gasteiger charge is -2.58. The van der Waals surface area contributed by atoms with Crippen LogP contribution in [-0.4, -0.2) is 241 Å². The van der Waals surface area contributed by atoms with Crippen LogP contribution in [0.1, 0.15) is 92.4 Å². The molecule has 5 aliphatic heterocycles. The van der Waals surface area contributed by atoms with E-state index in [1.54, 1.807) is 7.11 Å². The zero-order chi connectivity index (χ0) is 54.2. The fraction of sp³-hybridized carbons (Fsp3) is 0.962. The Hall–Kier alpha value is -1.18. The number of fused-ring (bicyclic) bond motifs is 7. The van der Waals surface area contributed by atoms with Gasteiger partial charge in [-0.3, -0.25) is 0 Å². The van der Waals surface area contributed by atoms with E-state index >= 15 is 0 Å². The highest BCUT2D eigenvalue weighted by molar-refractivity contribution is 5.26. The Morgan fingerprint density at radius 1 is 0.653 bits per heavy atom. The monoisotopic (exact) mass is 1080 g/mol. The molecule has 432 valence electrons. The summed E-state index contributed by atoms with van der Waals surface area (Å²) in [5, 5.41) is 136. The highest BCUT2D eigenvalue weighted by atomic mass is 16.8. The van der Waals surface area contributed by atoms with Gasteiger partial charge in [0.25, 0.3) is 0 Å². The molecule has 3 saturated carbocycles. The predicted octanol–water partition coefficient (Wildman–Crippen LogP) is -2.35. The predicted molar refractivity (Wildman–Crippen MR) is 255 cm³/mol. The van der Waals surface area contributed by atoms with Crippen LogP contribution in [0, 0.1) is 46.3 Å². The molecular formula is C52H86O23. The molecule has 31 atom stereocenters. The summed E-state index contributed by atoms with van der Waals surface area (Å²) < 4.78 is 60.8. The SMILES string of the molecule is CO[C@]1(CC[C@@H](C)CO[C@@H]2O[C@H](CO)[C@@H](O)[C@H](O)[C@H]2O)O[C@H]2C[C@H]3[C@@H]4CC=C5C[C@@H](O[C@@H]6O[C@H](CO[C@@H]7O[C@H](CO)[C@@H](O)[C@H](O)[C@H]7O)[C@@H](O)[C@H](O)[C@H]6O[C@@H]6O[C@@H](C)[C@H](O)[C@@H](O)[C@H]6O)CC[C@]5(C)[C@H]4CC[C@]3(C)[C@H]2[C@@H]1C. The molecule has 9 aliphatic rings. The summed E-state index contributed by atoms with van der Waals surface area (Å²) in [5.74, 6) is 0.806. The third-order valence-electron chi connectivity index (χ3n) is 19.8. The standard InChI is InChI=1S/C52H86O23/c1-21(19-67-46-42(63)39(60)35(56)30(17-53)71-46)9-14-52(66-6)22(2)33-29(75-52)16-28-26-8-7-24-15-25(10-12-50(24,4)27(26)11-13-51(28,33)5)70-49-45(74-48-44(65)38(59)34(55)23(3)69-48)41(62)37(58)32(73-49)20-68-47-43(64)40(61)36(57)31(18-54)72-47/h7,21-23,25-49,53-65H,8-20H2,1-6H3/t21-,22+,23+,25+,26-,27+,28+,29+,30-,31-,32-,33+,34+,35-,36-,37-,38-,39+,40+,41+,42-,43-,44-,45-,46-,47-,48+,49-,50+,51+,52-/m1/s1. The Labute approximate surface area is 437 Å². The molecule has 0 spiro atoms. The smallest absolute Gasteiger partial charge is 0.187 e. The Morgan fingerprint density at radius 2 is 1.25 bits per heavy atom. The van der Waals surface area contributed by atoms with Crippen LogP contribution in [0.4, 0.5) is 0 Å². The minimum atomic E-state index is -1.75. The maximum Gasteiger partial charge on any atom is 0.187 e. The topological polar surface area (TPSA) is 355 Å². The van der Waals surface area contributed by atoms with E-state index in [1.165, 1.54) is 12.5 Å². The van der Waals surface area contributed by atoms with Gasteiger partial charge in [0, 0.05) is 19.4 Å².